The Hall–Kier alpha value is -0.630. The first-order chi connectivity index (χ1) is 6.40. The maximum Gasteiger partial charge on any atom is 0.132 e. The van der Waals surface area contributed by atoms with Crippen LogP contribution in [0.2, 0.25) is 0 Å². The second-order valence-electron chi connectivity index (χ2n) is 3.41. The van der Waals surface area contributed by atoms with E-state index in [9.17, 15) is 0 Å². The predicted octanol–water partition coefficient (Wildman–Crippen LogP) is 3.20. The number of thioether (sulfide) groups is 1. The van der Waals surface area contributed by atoms with Crippen LogP contribution in [0, 0.1) is 5.92 Å². The highest BCUT2D eigenvalue weighted by molar-refractivity contribution is 7.98. The molecule has 2 rings (SSSR count). The SMILES string of the molecule is CSc1ccccc1OCC1CC1. The Kier molecular flexibility index (Phi) is 2.79. The van der Waals surface area contributed by atoms with E-state index in [-0.39, 0.29) is 0 Å². The van der Waals surface area contributed by atoms with E-state index in [1.807, 2.05) is 12.1 Å². The first-order valence-corrected chi connectivity index (χ1v) is 5.88. The zero-order valence-electron chi connectivity index (χ0n) is 7.82. The molecule has 1 aromatic rings. The first kappa shape index (κ1) is 8.95. The fourth-order valence-electron chi connectivity index (χ4n) is 1.23. The van der Waals surface area contributed by atoms with E-state index in [4.69, 9.17) is 4.74 Å². The van der Waals surface area contributed by atoms with E-state index in [0.717, 1.165) is 18.3 Å². The lowest BCUT2D eigenvalue weighted by Crippen LogP contribution is -1.99. The summed E-state index contributed by atoms with van der Waals surface area (Å²) in [6.07, 6.45) is 4.78. The van der Waals surface area contributed by atoms with Gasteiger partial charge in [-0.1, -0.05) is 12.1 Å². The third-order valence-corrected chi connectivity index (χ3v) is 3.02. The number of ether oxygens (including phenoxy) is 1. The van der Waals surface area contributed by atoms with Gasteiger partial charge >= 0.3 is 0 Å². The predicted molar refractivity (Wildman–Crippen MR) is 56.4 cm³/mol. The molecule has 1 aliphatic carbocycles. The molecule has 0 unspecified atom stereocenters. The lowest BCUT2D eigenvalue weighted by molar-refractivity contribution is 0.293. The van der Waals surface area contributed by atoms with Gasteiger partial charge in [-0.3, -0.25) is 0 Å². The van der Waals surface area contributed by atoms with Crippen molar-refractivity contribution in [2.75, 3.05) is 12.9 Å². The molecule has 0 saturated heterocycles. The van der Waals surface area contributed by atoms with E-state index >= 15 is 0 Å². The fraction of sp³-hybridized carbons (Fsp3) is 0.455. The molecular formula is C11H14OS. The van der Waals surface area contributed by atoms with Gasteiger partial charge in [-0.15, -0.1) is 11.8 Å². The second kappa shape index (κ2) is 4.05. The molecule has 0 radical (unpaired) electrons. The number of benzene rings is 1. The van der Waals surface area contributed by atoms with Gasteiger partial charge < -0.3 is 4.74 Å². The molecule has 70 valence electrons. The Morgan fingerprint density at radius 3 is 2.85 bits per heavy atom. The molecule has 1 aromatic carbocycles. The summed E-state index contributed by atoms with van der Waals surface area (Å²) < 4.78 is 5.73. The van der Waals surface area contributed by atoms with Crippen LogP contribution in [0.15, 0.2) is 29.2 Å². The molecule has 0 bridgehead atoms. The molecule has 0 amide bonds. The van der Waals surface area contributed by atoms with Gasteiger partial charge in [-0.05, 0) is 37.1 Å². The number of hydrogen-bond donors (Lipinski definition) is 0. The third kappa shape index (κ3) is 2.41. The smallest absolute Gasteiger partial charge is 0.132 e. The maximum atomic E-state index is 5.73. The van der Waals surface area contributed by atoms with E-state index in [2.05, 4.69) is 18.4 Å². The molecule has 0 atom stereocenters. The zero-order valence-corrected chi connectivity index (χ0v) is 8.64. The zero-order chi connectivity index (χ0) is 9.10. The minimum atomic E-state index is 0.829. The van der Waals surface area contributed by atoms with Gasteiger partial charge in [-0.2, -0.15) is 0 Å². The van der Waals surface area contributed by atoms with Crippen molar-refractivity contribution in [3.05, 3.63) is 24.3 Å². The Morgan fingerprint density at radius 1 is 1.38 bits per heavy atom. The Bertz CT molecular complexity index is 281. The van der Waals surface area contributed by atoms with Crippen molar-refractivity contribution in [1.29, 1.82) is 0 Å². The Balaban J connectivity index is 1.99. The van der Waals surface area contributed by atoms with Crippen molar-refractivity contribution in [2.24, 2.45) is 5.92 Å². The summed E-state index contributed by atoms with van der Waals surface area (Å²) in [6.45, 7) is 0.900. The van der Waals surface area contributed by atoms with Gasteiger partial charge in [0, 0.05) is 4.90 Å². The minimum absolute atomic E-state index is 0.829. The highest BCUT2D eigenvalue weighted by Crippen LogP contribution is 2.32. The molecule has 1 saturated carbocycles. The van der Waals surface area contributed by atoms with Gasteiger partial charge in [0.05, 0.1) is 6.61 Å². The molecule has 13 heavy (non-hydrogen) atoms. The van der Waals surface area contributed by atoms with Crippen LogP contribution in [0.25, 0.3) is 0 Å². The van der Waals surface area contributed by atoms with Crippen molar-refractivity contribution in [3.63, 3.8) is 0 Å². The molecular weight excluding hydrogens is 180 g/mol. The van der Waals surface area contributed by atoms with Crippen LogP contribution in [0.3, 0.4) is 0 Å². The molecule has 2 heteroatoms. The van der Waals surface area contributed by atoms with Crippen molar-refractivity contribution in [1.82, 2.24) is 0 Å². The molecule has 0 aromatic heterocycles. The summed E-state index contributed by atoms with van der Waals surface area (Å²) in [5, 5.41) is 0. The van der Waals surface area contributed by atoms with Crippen LogP contribution in [0.5, 0.6) is 5.75 Å². The normalized spacial score (nSPS) is 15.8. The largest absolute Gasteiger partial charge is 0.492 e. The van der Waals surface area contributed by atoms with Gasteiger partial charge in [0.2, 0.25) is 0 Å². The summed E-state index contributed by atoms with van der Waals surface area (Å²) in [7, 11) is 0. The molecule has 1 fully saturated rings. The van der Waals surface area contributed by atoms with Gasteiger partial charge in [0.1, 0.15) is 5.75 Å². The molecule has 0 spiro atoms. The summed E-state index contributed by atoms with van der Waals surface area (Å²) in [5.41, 5.74) is 0. The van der Waals surface area contributed by atoms with Crippen LogP contribution >= 0.6 is 11.8 Å². The monoisotopic (exact) mass is 194 g/mol. The van der Waals surface area contributed by atoms with Crippen molar-refractivity contribution < 1.29 is 4.74 Å². The molecule has 0 N–H and O–H groups in total. The second-order valence-corrected chi connectivity index (χ2v) is 4.25. The quantitative estimate of drug-likeness (QED) is 0.681. The van der Waals surface area contributed by atoms with E-state index < -0.39 is 0 Å². The number of hydrogen-bond acceptors (Lipinski definition) is 2. The summed E-state index contributed by atoms with van der Waals surface area (Å²) in [5.74, 6) is 1.87. The lowest BCUT2D eigenvalue weighted by atomic mass is 10.3. The summed E-state index contributed by atoms with van der Waals surface area (Å²) >= 11 is 1.74. The van der Waals surface area contributed by atoms with Gasteiger partial charge in [0.25, 0.3) is 0 Å². The highest BCUT2D eigenvalue weighted by Gasteiger charge is 2.22. The fourth-order valence-corrected chi connectivity index (χ4v) is 1.77. The van der Waals surface area contributed by atoms with Crippen LogP contribution in [-0.2, 0) is 0 Å². The summed E-state index contributed by atoms with van der Waals surface area (Å²) in [4.78, 5) is 1.24. The van der Waals surface area contributed by atoms with E-state index in [0.29, 0.717) is 0 Å². The van der Waals surface area contributed by atoms with Crippen LogP contribution in [0.4, 0.5) is 0 Å². The molecule has 1 nitrogen and oxygen atoms in total. The van der Waals surface area contributed by atoms with E-state index in [1.165, 1.54) is 17.7 Å². The van der Waals surface area contributed by atoms with Crippen LogP contribution in [0.1, 0.15) is 12.8 Å². The Labute approximate surface area is 83.5 Å². The average Bonchev–Trinajstić information content (AvgIpc) is 2.99. The van der Waals surface area contributed by atoms with Gasteiger partial charge in [0.15, 0.2) is 0 Å². The Morgan fingerprint density at radius 2 is 2.15 bits per heavy atom. The van der Waals surface area contributed by atoms with Crippen molar-refractivity contribution in [3.8, 4) is 5.75 Å². The first-order valence-electron chi connectivity index (χ1n) is 4.66. The van der Waals surface area contributed by atoms with Crippen molar-refractivity contribution >= 4 is 11.8 Å². The molecule has 0 aliphatic heterocycles. The lowest BCUT2D eigenvalue weighted by Gasteiger charge is -2.08. The average molecular weight is 194 g/mol. The topological polar surface area (TPSA) is 9.23 Å². The van der Waals surface area contributed by atoms with Crippen LogP contribution < -0.4 is 4.74 Å². The maximum absolute atomic E-state index is 5.73. The van der Waals surface area contributed by atoms with Gasteiger partial charge in [-0.25, -0.2) is 0 Å². The highest BCUT2D eigenvalue weighted by atomic mass is 32.2. The standard InChI is InChI=1S/C11H14OS/c1-13-11-5-3-2-4-10(11)12-8-9-6-7-9/h2-5,9H,6-8H2,1H3. The third-order valence-electron chi connectivity index (χ3n) is 2.24. The molecule has 0 heterocycles. The summed E-state index contributed by atoms with van der Waals surface area (Å²) in [6, 6.07) is 8.24. The van der Waals surface area contributed by atoms with E-state index in [1.54, 1.807) is 11.8 Å². The van der Waals surface area contributed by atoms with Crippen molar-refractivity contribution in [2.45, 2.75) is 17.7 Å². The van der Waals surface area contributed by atoms with Crippen LogP contribution in [-0.4, -0.2) is 12.9 Å². The molecule has 1 aliphatic rings. The number of rotatable bonds is 4. The number of para-hydroxylation sites is 1. The minimum Gasteiger partial charge on any atom is -0.492 e.